The smallest absolute Gasteiger partial charge is 0.317 e. The van der Waals surface area contributed by atoms with E-state index >= 15 is 0 Å². The fourth-order valence-corrected chi connectivity index (χ4v) is 2.06. The molecule has 0 aromatic carbocycles. The van der Waals surface area contributed by atoms with Crippen LogP contribution in [-0.2, 0) is 4.79 Å². The Balaban J connectivity index is 3.97. The number of hydrogen-bond donors (Lipinski definition) is 1. The minimum atomic E-state index is -0.722. The topological polar surface area (TPSA) is 40.5 Å². The molecule has 0 radical (unpaired) electrons. The lowest BCUT2D eigenvalue weighted by Crippen LogP contribution is -2.34. The van der Waals surface area contributed by atoms with Crippen LogP contribution in [0.2, 0.25) is 0 Å². The summed E-state index contributed by atoms with van der Waals surface area (Å²) in [5.41, 5.74) is 0. The number of aliphatic carboxylic acids is 1. The predicted molar refractivity (Wildman–Crippen MR) is 63.0 cm³/mol. The van der Waals surface area contributed by atoms with Gasteiger partial charge in [0.05, 0.1) is 6.54 Å². The summed E-state index contributed by atoms with van der Waals surface area (Å²) in [6.07, 6.45) is 2.18. The normalized spacial score (nSPS) is 13.5. The van der Waals surface area contributed by atoms with Gasteiger partial charge in [-0.15, -0.1) is 0 Å². The molecule has 0 aliphatic rings. The number of carbonyl (C=O) groups is 1. The second-order valence-corrected chi connectivity index (χ2v) is 4.86. The molecule has 0 amide bonds. The van der Waals surface area contributed by atoms with Gasteiger partial charge in [-0.3, -0.25) is 9.69 Å². The van der Waals surface area contributed by atoms with Gasteiger partial charge in [-0.25, -0.2) is 0 Å². The van der Waals surface area contributed by atoms with E-state index in [1.165, 1.54) is 6.42 Å². The molecule has 0 rings (SSSR count). The number of rotatable bonds is 8. The summed E-state index contributed by atoms with van der Waals surface area (Å²) in [7, 11) is 0. The van der Waals surface area contributed by atoms with Crippen molar-refractivity contribution in [1.82, 2.24) is 4.90 Å². The van der Waals surface area contributed by atoms with Gasteiger partial charge in [-0.2, -0.15) is 0 Å². The Kier molecular flexibility index (Phi) is 7.39. The van der Waals surface area contributed by atoms with Crippen LogP contribution in [0.5, 0.6) is 0 Å². The molecule has 0 bridgehead atoms. The Labute approximate surface area is 93.5 Å². The molecular formula is C12H25NO2. The molecule has 0 aliphatic carbocycles. The van der Waals surface area contributed by atoms with E-state index in [0.29, 0.717) is 11.8 Å². The fourth-order valence-electron chi connectivity index (χ4n) is 2.06. The molecule has 0 aromatic heterocycles. The van der Waals surface area contributed by atoms with Crippen molar-refractivity contribution in [1.29, 1.82) is 0 Å². The van der Waals surface area contributed by atoms with E-state index in [-0.39, 0.29) is 6.54 Å². The maximum atomic E-state index is 10.6. The van der Waals surface area contributed by atoms with Crippen molar-refractivity contribution in [2.24, 2.45) is 11.8 Å². The fraction of sp³-hybridized carbons (Fsp3) is 0.917. The molecule has 1 unspecified atom stereocenters. The maximum absolute atomic E-state index is 10.6. The molecule has 3 nitrogen and oxygen atoms in total. The van der Waals surface area contributed by atoms with Gasteiger partial charge in [-0.1, -0.05) is 27.7 Å². The summed E-state index contributed by atoms with van der Waals surface area (Å²) in [5, 5.41) is 8.76. The summed E-state index contributed by atoms with van der Waals surface area (Å²) in [6, 6.07) is 0. The lowest BCUT2D eigenvalue weighted by Gasteiger charge is -2.24. The summed E-state index contributed by atoms with van der Waals surface area (Å²) in [4.78, 5) is 12.7. The average Bonchev–Trinajstić information content (AvgIpc) is 2.00. The van der Waals surface area contributed by atoms with Crippen LogP contribution in [0.3, 0.4) is 0 Å². The van der Waals surface area contributed by atoms with Crippen molar-refractivity contribution in [2.45, 2.75) is 40.5 Å². The molecule has 0 heterocycles. The Morgan fingerprint density at radius 1 is 1.33 bits per heavy atom. The highest BCUT2D eigenvalue weighted by atomic mass is 16.4. The van der Waals surface area contributed by atoms with Crippen molar-refractivity contribution >= 4 is 5.97 Å². The number of carboxylic acid groups (broad SMARTS) is 1. The summed E-state index contributed by atoms with van der Waals surface area (Å²) in [5.74, 6) is 0.546. The number of hydrogen-bond acceptors (Lipinski definition) is 2. The first-order chi connectivity index (χ1) is 6.95. The van der Waals surface area contributed by atoms with Crippen LogP contribution in [0.4, 0.5) is 0 Å². The van der Waals surface area contributed by atoms with Crippen molar-refractivity contribution in [3.63, 3.8) is 0 Å². The summed E-state index contributed by atoms with van der Waals surface area (Å²) in [6.45, 7) is 10.7. The molecular weight excluding hydrogens is 190 g/mol. The van der Waals surface area contributed by atoms with Crippen LogP contribution >= 0.6 is 0 Å². The number of nitrogens with zero attached hydrogens (tertiary/aromatic N) is 1. The lowest BCUT2D eigenvalue weighted by molar-refractivity contribution is -0.138. The van der Waals surface area contributed by atoms with Crippen LogP contribution in [0.1, 0.15) is 40.5 Å². The van der Waals surface area contributed by atoms with Gasteiger partial charge in [0.2, 0.25) is 0 Å². The lowest BCUT2D eigenvalue weighted by atomic mass is 9.98. The first kappa shape index (κ1) is 14.4. The molecule has 1 atom stereocenters. The molecule has 15 heavy (non-hydrogen) atoms. The first-order valence-electron chi connectivity index (χ1n) is 5.89. The van der Waals surface area contributed by atoms with Gasteiger partial charge in [-0.05, 0) is 31.2 Å². The average molecular weight is 215 g/mol. The van der Waals surface area contributed by atoms with Gasteiger partial charge >= 0.3 is 5.97 Å². The minimum Gasteiger partial charge on any atom is -0.480 e. The van der Waals surface area contributed by atoms with Crippen LogP contribution in [-0.4, -0.2) is 35.6 Å². The standard InChI is InChI=1S/C12H25NO2/c1-5-6-13(9-12(14)15)8-11(4)7-10(2)3/h10-11H,5-9H2,1-4H3,(H,14,15). The van der Waals surface area contributed by atoms with Crippen LogP contribution in [0.25, 0.3) is 0 Å². The summed E-state index contributed by atoms with van der Waals surface area (Å²) >= 11 is 0. The Morgan fingerprint density at radius 2 is 1.93 bits per heavy atom. The van der Waals surface area contributed by atoms with E-state index < -0.39 is 5.97 Å². The minimum absolute atomic E-state index is 0.177. The third-order valence-corrected chi connectivity index (χ3v) is 2.34. The van der Waals surface area contributed by atoms with Crippen molar-refractivity contribution in [2.75, 3.05) is 19.6 Å². The van der Waals surface area contributed by atoms with Crippen LogP contribution in [0.15, 0.2) is 0 Å². The Morgan fingerprint density at radius 3 is 2.33 bits per heavy atom. The molecule has 0 spiro atoms. The van der Waals surface area contributed by atoms with Crippen molar-refractivity contribution < 1.29 is 9.90 Å². The zero-order valence-electron chi connectivity index (χ0n) is 10.5. The second kappa shape index (κ2) is 7.69. The van der Waals surface area contributed by atoms with E-state index in [2.05, 4.69) is 27.7 Å². The molecule has 0 fully saturated rings. The SMILES string of the molecule is CCCN(CC(=O)O)CC(C)CC(C)C. The molecule has 90 valence electrons. The van der Waals surface area contributed by atoms with Crippen LogP contribution < -0.4 is 0 Å². The van der Waals surface area contributed by atoms with Gasteiger partial charge in [0.15, 0.2) is 0 Å². The van der Waals surface area contributed by atoms with E-state index in [0.717, 1.165) is 19.5 Å². The Bertz CT molecular complexity index is 180. The van der Waals surface area contributed by atoms with Gasteiger partial charge in [0.1, 0.15) is 0 Å². The van der Waals surface area contributed by atoms with E-state index in [9.17, 15) is 4.79 Å². The third kappa shape index (κ3) is 8.43. The highest BCUT2D eigenvalue weighted by Crippen LogP contribution is 2.12. The maximum Gasteiger partial charge on any atom is 0.317 e. The van der Waals surface area contributed by atoms with Gasteiger partial charge in [0.25, 0.3) is 0 Å². The summed E-state index contributed by atoms with van der Waals surface area (Å²) < 4.78 is 0. The molecule has 0 aromatic rings. The zero-order valence-corrected chi connectivity index (χ0v) is 10.5. The van der Waals surface area contributed by atoms with Gasteiger partial charge < -0.3 is 5.11 Å². The predicted octanol–water partition coefficient (Wildman–Crippen LogP) is 2.47. The Hall–Kier alpha value is -0.570. The second-order valence-electron chi connectivity index (χ2n) is 4.86. The largest absolute Gasteiger partial charge is 0.480 e. The zero-order chi connectivity index (χ0) is 11.8. The number of carboxylic acids is 1. The van der Waals surface area contributed by atoms with Crippen molar-refractivity contribution in [3.8, 4) is 0 Å². The van der Waals surface area contributed by atoms with E-state index in [1.807, 2.05) is 4.90 Å². The monoisotopic (exact) mass is 215 g/mol. The molecule has 3 heteroatoms. The van der Waals surface area contributed by atoms with Gasteiger partial charge in [0, 0.05) is 6.54 Å². The quantitative estimate of drug-likeness (QED) is 0.676. The molecule has 1 N–H and O–H groups in total. The van der Waals surface area contributed by atoms with Crippen molar-refractivity contribution in [3.05, 3.63) is 0 Å². The first-order valence-corrected chi connectivity index (χ1v) is 5.89. The highest BCUT2D eigenvalue weighted by molar-refractivity contribution is 5.69. The van der Waals surface area contributed by atoms with Crippen LogP contribution in [0, 0.1) is 11.8 Å². The highest BCUT2D eigenvalue weighted by Gasteiger charge is 2.13. The van der Waals surface area contributed by atoms with E-state index in [4.69, 9.17) is 5.11 Å². The third-order valence-electron chi connectivity index (χ3n) is 2.34. The molecule has 0 saturated carbocycles. The molecule has 0 saturated heterocycles. The molecule has 0 aliphatic heterocycles. The van der Waals surface area contributed by atoms with E-state index in [1.54, 1.807) is 0 Å².